The van der Waals surface area contributed by atoms with Gasteiger partial charge in [0.1, 0.15) is 0 Å². The van der Waals surface area contributed by atoms with Gasteiger partial charge < -0.3 is 5.11 Å². The van der Waals surface area contributed by atoms with Crippen LogP contribution in [-0.4, -0.2) is 11.1 Å². The maximum atomic E-state index is 11.6. The third kappa shape index (κ3) is 1.94. The van der Waals surface area contributed by atoms with Crippen LogP contribution < -0.4 is 0 Å². The number of carboxylic acids is 1. The molecule has 2 aromatic rings. The van der Waals surface area contributed by atoms with Gasteiger partial charge in [0.05, 0.1) is 0 Å². The van der Waals surface area contributed by atoms with E-state index < -0.39 is 5.97 Å². The monoisotopic (exact) mass is 264 g/mol. The number of hydrogen-bond donors (Lipinski definition) is 1. The van der Waals surface area contributed by atoms with Crippen molar-refractivity contribution in [1.82, 2.24) is 0 Å². The van der Waals surface area contributed by atoms with Gasteiger partial charge in [-0.25, -0.2) is 4.79 Å². The summed E-state index contributed by atoms with van der Waals surface area (Å²) in [5.41, 5.74) is 6.91. The fourth-order valence-electron chi connectivity index (χ4n) is 3.00. The molecule has 0 fully saturated rings. The van der Waals surface area contributed by atoms with Crippen LogP contribution in [0.5, 0.6) is 0 Å². The Hall–Kier alpha value is -2.35. The molecule has 0 amide bonds. The Labute approximate surface area is 118 Å². The molecular weight excluding hydrogens is 248 g/mol. The Morgan fingerprint density at radius 2 is 1.80 bits per heavy atom. The zero-order valence-corrected chi connectivity index (χ0v) is 11.6. The van der Waals surface area contributed by atoms with Gasteiger partial charge in [0.2, 0.25) is 0 Å². The second-order valence-corrected chi connectivity index (χ2v) is 5.31. The van der Waals surface area contributed by atoms with E-state index >= 15 is 0 Å². The van der Waals surface area contributed by atoms with Gasteiger partial charge in [-0.15, -0.1) is 0 Å². The van der Waals surface area contributed by atoms with Crippen LogP contribution in [0.3, 0.4) is 0 Å². The van der Waals surface area contributed by atoms with Crippen LogP contribution in [0, 0.1) is 13.8 Å². The van der Waals surface area contributed by atoms with E-state index in [1.54, 1.807) is 0 Å². The Balaban J connectivity index is 2.29. The lowest BCUT2D eigenvalue weighted by atomic mass is 9.94. The average molecular weight is 264 g/mol. The Bertz CT molecular complexity index is 725. The summed E-state index contributed by atoms with van der Waals surface area (Å²) >= 11 is 0. The highest BCUT2D eigenvalue weighted by atomic mass is 16.4. The van der Waals surface area contributed by atoms with Gasteiger partial charge in [-0.1, -0.05) is 48.0 Å². The number of fused-ring (bicyclic) bond motifs is 1. The van der Waals surface area contributed by atoms with Crippen molar-refractivity contribution in [1.29, 1.82) is 0 Å². The Kier molecular flexibility index (Phi) is 2.94. The number of carbonyl (C=O) groups is 1. The van der Waals surface area contributed by atoms with Crippen molar-refractivity contribution in [2.75, 3.05) is 0 Å². The summed E-state index contributed by atoms with van der Waals surface area (Å²) in [6, 6.07) is 14.0. The van der Waals surface area contributed by atoms with Crippen LogP contribution in [0.15, 0.2) is 48.0 Å². The van der Waals surface area contributed by atoms with E-state index in [2.05, 4.69) is 26.0 Å². The van der Waals surface area contributed by atoms with E-state index in [9.17, 15) is 9.90 Å². The molecule has 0 aromatic heterocycles. The van der Waals surface area contributed by atoms with Crippen LogP contribution in [-0.2, 0) is 11.2 Å². The van der Waals surface area contributed by atoms with Gasteiger partial charge in [0, 0.05) is 12.0 Å². The molecule has 0 saturated carbocycles. The first-order valence-electron chi connectivity index (χ1n) is 6.70. The average Bonchev–Trinajstić information content (AvgIpc) is 2.79. The molecule has 0 bridgehead atoms. The minimum absolute atomic E-state index is 0.500. The number of benzene rings is 2. The SMILES string of the molecule is Cc1cc(C)c2c(c1)C(c1ccccc1)=C(C(=O)O)C2. The summed E-state index contributed by atoms with van der Waals surface area (Å²) in [6.45, 7) is 4.11. The van der Waals surface area contributed by atoms with E-state index in [-0.39, 0.29) is 0 Å². The van der Waals surface area contributed by atoms with E-state index in [0.717, 1.165) is 22.3 Å². The van der Waals surface area contributed by atoms with Crippen LogP contribution in [0.4, 0.5) is 0 Å². The molecule has 2 nitrogen and oxygen atoms in total. The maximum absolute atomic E-state index is 11.6. The molecule has 0 atom stereocenters. The molecule has 1 aliphatic carbocycles. The summed E-state index contributed by atoms with van der Waals surface area (Å²) in [4.78, 5) is 11.6. The molecule has 0 heterocycles. The Morgan fingerprint density at radius 1 is 1.10 bits per heavy atom. The largest absolute Gasteiger partial charge is 0.478 e. The number of aliphatic carboxylic acids is 1. The van der Waals surface area contributed by atoms with Crippen molar-refractivity contribution in [3.63, 3.8) is 0 Å². The summed E-state index contributed by atoms with van der Waals surface area (Å²) in [5, 5.41) is 9.52. The first-order chi connectivity index (χ1) is 9.58. The number of carboxylic acid groups (broad SMARTS) is 1. The summed E-state index contributed by atoms with van der Waals surface area (Å²) in [5.74, 6) is -0.822. The van der Waals surface area contributed by atoms with Gasteiger partial charge >= 0.3 is 5.97 Å². The normalized spacial score (nSPS) is 13.5. The summed E-state index contributed by atoms with van der Waals surface area (Å²) < 4.78 is 0. The van der Waals surface area contributed by atoms with Crippen LogP contribution >= 0.6 is 0 Å². The standard InChI is InChI=1S/C18H16O2/c1-11-8-12(2)14-10-16(18(19)20)17(15(14)9-11)13-6-4-3-5-7-13/h3-9H,10H2,1-2H3,(H,19,20). The second kappa shape index (κ2) is 4.64. The van der Waals surface area contributed by atoms with Crippen molar-refractivity contribution in [2.24, 2.45) is 0 Å². The predicted octanol–water partition coefficient (Wildman–Crippen LogP) is 3.75. The van der Waals surface area contributed by atoms with Crippen LogP contribution in [0.2, 0.25) is 0 Å². The fraction of sp³-hybridized carbons (Fsp3) is 0.167. The lowest BCUT2D eigenvalue weighted by Crippen LogP contribution is -2.02. The minimum atomic E-state index is -0.822. The van der Waals surface area contributed by atoms with E-state index in [1.165, 1.54) is 11.1 Å². The maximum Gasteiger partial charge on any atom is 0.332 e. The summed E-state index contributed by atoms with van der Waals surface area (Å²) in [7, 11) is 0. The van der Waals surface area contributed by atoms with Crippen molar-refractivity contribution in [3.8, 4) is 0 Å². The Morgan fingerprint density at radius 3 is 2.45 bits per heavy atom. The molecule has 3 rings (SSSR count). The third-order valence-electron chi connectivity index (χ3n) is 3.86. The van der Waals surface area contributed by atoms with E-state index in [0.29, 0.717) is 12.0 Å². The van der Waals surface area contributed by atoms with E-state index in [4.69, 9.17) is 0 Å². The molecule has 0 saturated heterocycles. The molecule has 0 spiro atoms. The first kappa shape index (κ1) is 12.7. The molecule has 1 aliphatic rings. The van der Waals surface area contributed by atoms with Crippen molar-refractivity contribution < 1.29 is 9.90 Å². The first-order valence-corrected chi connectivity index (χ1v) is 6.70. The minimum Gasteiger partial charge on any atom is -0.478 e. The predicted molar refractivity (Wildman–Crippen MR) is 79.7 cm³/mol. The fourth-order valence-corrected chi connectivity index (χ4v) is 3.00. The highest BCUT2D eigenvalue weighted by molar-refractivity contribution is 6.04. The molecular formula is C18H16O2. The van der Waals surface area contributed by atoms with E-state index in [1.807, 2.05) is 30.3 Å². The zero-order valence-electron chi connectivity index (χ0n) is 11.6. The van der Waals surface area contributed by atoms with Gasteiger partial charge in [0.15, 0.2) is 0 Å². The smallest absolute Gasteiger partial charge is 0.332 e. The third-order valence-corrected chi connectivity index (χ3v) is 3.86. The highest BCUT2D eigenvalue weighted by Crippen LogP contribution is 2.39. The van der Waals surface area contributed by atoms with Crippen LogP contribution in [0.1, 0.15) is 27.8 Å². The molecule has 0 aliphatic heterocycles. The second-order valence-electron chi connectivity index (χ2n) is 5.31. The lowest BCUT2D eigenvalue weighted by molar-refractivity contribution is -0.132. The molecule has 20 heavy (non-hydrogen) atoms. The quantitative estimate of drug-likeness (QED) is 0.897. The molecule has 0 radical (unpaired) electrons. The van der Waals surface area contributed by atoms with Gasteiger partial charge in [0.25, 0.3) is 0 Å². The number of aryl methyl sites for hydroxylation is 2. The molecule has 100 valence electrons. The topological polar surface area (TPSA) is 37.3 Å². The molecule has 0 unspecified atom stereocenters. The summed E-state index contributed by atoms with van der Waals surface area (Å²) in [6.07, 6.45) is 0.515. The van der Waals surface area contributed by atoms with Crippen molar-refractivity contribution in [2.45, 2.75) is 20.3 Å². The van der Waals surface area contributed by atoms with Crippen molar-refractivity contribution >= 4 is 11.5 Å². The van der Waals surface area contributed by atoms with Gasteiger partial charge in [-0.2, -0.15) is 0 Å². The lowest BCUT2D eigenvalue weighted by Gasteiger charge is -2.10. The van der Waals surface area contributed by atoms with Gasteiger partial charge in [-0.05, 0) is 41.7 Å². The zero-order chi connectivity index (χ0) is 14.3. The number of rotatable bonds is 2. The highest BCUT2D eigenvalue weighted by Gasteiger charge is 2.28. The van der Waals surface area contributed by atoms with Crippen LogP contribution in [0.25, 0.3) is 5.57 Å². The molecule has 1 N–H and O–H groups in total. The molecule has 2 aromatic carbocycles. The van der Waals surface area contributed by atoms with Gasteiger partial charge in [-0.3, -0.25) is 0 Å². The number of hydrogen-bond acceptors (Lipinski definition) is 1. The van der Waals surface area contributed by atoms with Crippen molar-refractivity contribution in [3.05, 3.63) is 75.9 Å². The molecule has 2 heteroatoms.